The summed E-state index contributed by atoms with van der Waals surface area (Å²) in [4.78, 5) is 14.6. The molecule has 3 rings (SSSR count). The number of para-hydroxylation sites is 1. The standard InChI is InChI=1S/C20H23NO5/c1-13(22)11-20(24)15-6-4-5-7-16(15)21(19(20)23)12-14-8-9-17(25-2)18(10-14)26-3/h4-10,13,22,24H,11-12H2,1-3H3/t13-,20-/m0/s1. The Balaban J connectivity index is 1.97. The van der Waals surface area contributed by atoms with Gasteiger partial charge >= 0.3 is 0 Å². The molecule has 6 nitrogen and oxygen atoms in total. The summed E-state index contributed by atoms with van der Waals surface area (Å²) in [5.41, 5.74) is 0.287. The number of ether oxygens (including phenoxy) is 2. The van der Waals surface area contributed by atoms with Crippen molar-refractivity contribution in [1.82, 2.24) is 0 Å². The summed E-state index contributed by atoms with van der Waals surface area (Å²) in [7, 11) is 3.12. The van der Waals surface area contributed by atoms with E-state index in [0.717, 1.165) is 5.56 Å². The molecule has 0 unspecified atom stereocenters. The van der Waals surface area contributed by atoms with Crippen LogP contribution in [0.3, 0.4) is 0 Å². The summed E-state index contributed by atoms with van der Waals surface area (Å²) in [6.45, 7) is 1.84. The van der Waals surface area contributed by atoms with Crippen LogP contribution in [0.1, 0.15) is 24.5 Å². The number of amides is 1. The van der Waals surface area contributed by atoms with E-state index >= 15 is 0 Å². The lowest BCUT2D eigenvalue weighted by Crippen LogP contribution is -2.41. The van der Waals surface area contributed by atoms with Crippen molar-refractivity contribution in [3.05, 3.63) is 53.6 Å². The first kappa shape index (κ1) is 18.2. The zero-order valence-electron chi connectivity index (χ0n) is 15.1. The van der Waals surface area contributed by atoms with Gasteiger partial charge in [-0.05, 0) is 30.7 Å². The SMILES string of the molecule is COc1ccc(CN2C(=O)[C@](O)(C[C@H](C)O)c3ccccc32)cc1OC. The third kappa shape index (κ3) is 3.02. The van der Waals surface area contributed by atoms with Crippen LogP contribution < -0.4 is 14.4 Å². The molecule has 1 amide bonds. The summed E-state index contributed by atoms with van der Waals surface area (Å²) < 4.78 is 10.6. The molecule has 6 heteroatoms. The Morgan fingerprint density at radius 3 is 2.46 bits per heavy atom. The molecule has 0 saturated heterocycles. The van der Waals surface area contributed by atoms with E-state index < -0.39 is 17.6 Å². The van der Waals surface area contributed by atoms with Crippen LogP contribution in [0.15, 0.2) is 42.5 Å². The van der Waals surface area contributed by atoms with Gasteiger partial charge in [0.05, 0.1) is 32.6 Å². The smallest absolute Gasteiger partial charge is 0.264 e. The van der Waals surface area contributed by atoms with Crippen LogP contribution in [0.25, 0.3) is 0 Å². The highest BCUT2D eigenvalue weighted by molar-refractivity contribution is 6.06. The van der Waals surface area contributed by atoms with Crippen LogP contribution in [-0.4, -0.2) is 36.4 Å². The van der Waals surface area contributed by atoms with E-state index in [0.29, 0.717) is 22.7 Å². The van der Waals surface area contributed by atoms with Crippen LogP contribution in [0, 0.1) is 0 Å². The van der Waals surface area contributed by atoms with E-state index in [2.05, 4.69) is 0 Å². The first-order valence-electron chi connectivity index (χ1n) is 8.43. The average Bonchev–Trinajstić information content (AvgIpc) is 2.83. The van der Waals surface area contributed by atoms with Gasteiger partial charge in [0, 0.05) is 12.0 Å². The zero-order chi connectivity index (χ0) is 18.9. The van der Waals surface area contributed by atoms with Crippen LogP contribution in [0.4, 0.5) is 5.69 Å². The highest BCUT2D eigenvalue weighted by Gasteiger charge is 2.49. The van der Waals surface area contributed by atoms with Crippen molar-refractivity contribution in [2.24, 2.45) is 0 Å². The van der Waals surface area contributed by atoms with Crippen LogP contribution in [-0.2, 0) is 16.9 Å². The molecule has 1 aliphatic heterocycles. The third-order valence-electron chi connectivity index (χ3n) is 4.62. The van der Waals surface area contributed by atoms with Gasteiger partial charge < -0.3 is 24.6 Å². The monoisotopic (exact) mass is 357 g/mol. The fraction of sp³-hybridized carbons (Fsp3) is 0.350. The van der Waals surface area contributed by atoms with Crippen LogP contribution >= 0.6 is 0 Å². The molecule has 0 spiro atoms. The van der Waals surface area contributed by atoms with E-state index in [9.17, 15) is 15.0 Å². The number of hydrogen-bond donors (Lipinski definition) is 2. The zero-order valence-corrected chi connectivity index (χ0v) is 15.1. The Bertz CT molecular complexity index is 820. The predicted molar refractivity (Wildman–Crippen MR) is 97.4 cm³/mol. The fourth-order valence-corrected chi connectivity index (χ4v) is 3.45. The molecule has 0 aromatic heterocycles. The van der Waals surface area contributed by atoms with Gasteiger partial charge in [-0.3, -0.25) is 4.79 Å². The molecule has 0 radical (unpaired) electrons. The largest absolute Gasteiger partial charge is 0.493 e. The Kier molecular flexibility index (Phi) is 4.89. The van der Waals surface area contributed by atoms with Crippen LogP contribution in [0.5, 0.6) is 11.5 Å². The second-order valence-electron chi connectivity index (χ2n) is 6.51. The Labute approximate surface area is 152 Å². The van der Waals surface area contributed by atoms with Crippen molar-refractivity contribution in [1.29, 1.82) is 0 Å². The first-order valence-corrected chi connectivity index (χ1v) is 8.43. The van der Waals surface area contributed by atoms with Gasteiger partial charge in [0.2, 0.25) is 0 Å². The second kappa shape index (κ2) is 6.97. The molecular formula is C20H23NO5. The van der Waals surface area contributed by atoms with Crippen molar-refractivity contribution in [2.45, 2.75) is 31.6 Å². The van der Waals surface area contributed by atoms with Crippen molar-refractivity contribution in [3.8, 4) is 11.5 Å². The van der Waals surface area contributed by atoms with Crippen molar-refractivity contribution in [3.63, 3.8) is 0 Å². The van der Waals surface area contributed by atoms with Gasteiger partial charge in [-0.25, -0.2) is 0 Å². The molecule has 1 aliphatic rings. The maximum Gasteiger partial charge on any atom is 0.264 e. The molecule has 0 saturated carbocycles. The minimum Gasteiger partial charge on any atom is -0.493 e. The summed E-state index contributed by atoms with van der Waals surface area (Å²) in [5.74, 6) is 0.744. The second-order valence-corrected chi connectivity index (χ2v) is 6.51. The van der Waals surface area contributed by atoms with Crippen LogP contribution in [0.2, 0.25) is 0 Å². The third-order valence-corrected chi connectivity index (χ3v) is 4.62. The van der Waals surface area contributed by atoms with Gasteiger partial charge in [-0.1, -0.05) is 24.3 Å². The van der Waals surface area contributed by atoms with E-state index in [1.807, 2.05) is 12.1 Å². The Morgan fingerprint density at radius 1 is 1.12 bits per heavy atom. The molecular weight excluding hydrogens is 334 g/mol. The minimum absolute atomic E-state index is 0.0503. The van der Waals surface area contributed by atoms with Gasteiger partial charge in [0.1, 0.15) is 0 Å². The first-order chi connectivity index (χ1) is 12.4. The van der Waals surface area contributed by atoms with E-state index in [1.54, 1.807) is 56.4 Å². The number of carbonyl (C=O) groups is 1. The van der Waals surface area contributed by atoms with Gasteiger partial charge in [0.15, 0.2) is 17.1 Å². The number of fused-ring (bicyclic) bond motifs is 1. The number of rotatable bonds is 6. The molecule has 2 N–H and O–H groups in total. The summed E-state index contributed by atoms with van der Waals surface area (Å²) in [6.07, 6.45) is -0.858. The molecule has 0 bridgehead atoms. The highest BCUT2D eigenvalue weighted by atomic mass is 16.5. The lowest BCUT2D eigenvalue weighted by atomic mass is 9.90. The normalized spacial score (nSPS) is 20.0. The average molecular weight is 357 g/mol. The van der Waals surface area contributed by atoms with Gasteiger partial charge in [0.25, 0.3) is 5.91 Å². The number of hydrogen-bond acceptors (Lipinski definition) is 5. The van der Waals surface area contributed by atoms with Gasteiger partial charge in [-0.2, -0.15) is 0 Å². The highest BCUT2D eigenvalue weighted by Crippen LogP contribution is 2.43. The molecule has 0 aliphatic carbocycles. The molecule has 2 aromatic rings. The number of methoxy groups -OCH3 is 2. The molecule has 0 fully saturated rings. The fourth-order valence-electron chi connectivity index (χ4n) is 3.45. The quantitative estimate of drug-likeness (QED) is 0.829. The topological polar surface area (TPSA) is 79.2 Å². The summed E-state index contributed by atoms with van der Waals surface area (Å²) in [6, 6.07) is 12.6. The number of benzene rings is 2. The number of anilines is 1. The molecule has 26 heavy (non-hydrogen) atoms. The Hall–Kier alpha value is -2.57. The maximum atomic E-state index is 13.0. The summed E-state index contributed by atoms with van der Waals surface area (Å²) in [5, 5.41) is 20.8. The number of aliphatic hydroxyl groups excluding tert-OH is 1. The molecule has 2 atom stereocenters. The van der Waals surface area contributed by atoms with Crippen molar-refractivity contribution in [2.75, 3.05) is 19.1 Å². The molecule has 1 heterocycles. The number of carbonyl (C=O) groups excluding carboxylic acids is 1. The van der Waals surface area contributed by atoms with Gasteiger partial charge in [-0.15, -0.1) is 0 Å². The molecule has 138 valence electrons. The predicted octanol–water partition coefficient (Wildman–Crippen LogP) is 2.21. The molecule has 2 aromatic carbocycles. The van der Waals surface area contributed by atoms with Crippen molar-refractivity contribution >= 4 is 11.6 Å². The number of nitrogens with zero attached hydrogens (tertiary/aromatic N) is 1. The van der Waals surface area contributed by atoms with E-state index in [4.69, 9.17) is 9.47 Å². The lowest BCUT2D eigenvalue weighted by molar-refractivity contribution is -0.139. The van der Waals surface area contributed by atoms with E-state index in [-0.39, 0.29) is 13.0 Å². The minimum atomic E-state index is -1.72. The van der Waals surface area contributed by atoms with E-state index in [1.165, 1.54) is 0 Å². The number of aliphatic hydroxyl groups is 2. The Morgan fingerprint density at radius 2 is 1.81 bits per heavy atom. The maximum absolute atomic E-state index is 13.0. The lowest BCUT2D eigenvalue weighted by Gasteiger charge is -2.24. The van der Waals surface area contributed by atoms with Crippen molar-refractivity contribution < 1.29 is 24.5 Å². The summed E-state index contributed by atoms with van der Waals surface area (Å²) >= 11 is 0.